The Balaban J connectivity index is 3.14. The third-order valence-corrected chi connectivity index (χ3v) is 4.58. The number of carbonyl (C=O) groups excluding carboxylic acids is 1. The molecule has 0 aromatic heterocycles. The number of aliphatic hydroxyl groups excluding tert-OH is 1. The summed E-state index contributed by atoms with van der Waals surface area (Å²) < 4.78 is 0. The number of unbranched alkanes of at least 4 members (excludes halogenated alkanes) is 12. The van der Waals surface area contributed by atoms with Crippen molar-refractivity contribution in [1.29, 1.82) is 0 Å². The van der Waals surface area contributed by atoms with Crippen LogP contribution in [0.1, 0.15) is 103 Å². The van der Waals surface area contributed by atoms with E-state index in [1.54, 1.807) is 0 Å². The van der Waals surface area contributed by atoms with Gasteiger partial charge in [0.2, 0.25) is 0 Å². The molecule has 0 bridgehead atoms. The fraction of sp³-hybridized carbons (Fsp3) is 0.900. The second-order valence-electron chi connectivity index (χ2n) is 7.12. The molecular formula is C20H39NO4. The number of nitrogens with two attached hydrogens (primary N) is 1. The summed E-state index contributed by atoms with van der Waals surface area (Å²) in [5, 5.41) is 17.8. The third kappa shape index (κ3) is 19.2. The molecule has 0 radical (unpaired) electrons. The number of aliphatic hydroxyl groups is 1. The highest BCUT2D eigenvalue weighted by Gasteiger charge is 2.08. The molecule has 148 valence electrons. The van der Waals surface area contributed by atoms with E-state index >= 15 is 0 Å². The maximum atomic E-state index is 11.5. The minimum Gasteiger partial charge on any atom is -0.481 e. The largest absolute Gasteiger partial charge is 0.481 e. The molecule has 0 aromatic rings. The molecule has 0 aromatic carbocycles. The van der Waals surface area contributed by atoms with Crippen LogP contribution < -0.4 is 5.73 Å². The lowest BCUT2D eigenvalue weighted by atomic mass is 10.0. The van der Waals surface area contributed by atoms with Gasteiger partial charge in [-0.15, -0.1) is 0 Å². The van der Waals surface area contributed by atoms with Crippen molar-refractivity contribution in [1.82, 2.24) is 0 Å². The van der Waals surface area contributed by atoms with Crippen LogP contribution in [-0.4, -0.2) is 34.6 Å². The lowest BCUT2D eigenvalue weighted by molar-refractivity contribution is -0.137. The van der Waals surface area contributed by atoms with Crippen LogP contribution in [0, 0.1) is 0 Å². The summed E-state index contributed by atoms with van der Waals surface area (Å²) in [4.78, 5) is 21.9. The zero-order chi connectivity index (χ0) is 18.8. The van der Waals surface area contributed by atoms with E-state index in [0.29, 0.717) is 12.8 Å². The maximum absolute atomic E-state index is 11.5. The molecule has 5 nitrogen and oxygen atoms in total. The quantitative estimate of drug-likeness (QED) is 0.301. The van der Waals surface area contributed by atoms with Crippen molar-refractivity contribution in [3.8, 4) is 0 Å². The molecule has 25 heavy (non-hydrogen) atoms. The smallest absolute Gasteiger partial charge is 0.303 e. The predicted molar refractivity (Wildman–Crippen MR) is 102 cm³/mol. The Morgan fingerprint density at radius 3 is 1.40 bits per heavy atom. The van der Waals surface area contributed by atoms with E-state index in [2.05, 4.69) is 0 Å². The van der Waals surface area contributed by atoms with Crippen molar-refractivity contribution >= 4 is 11.8 Å². The van der Waals surface area contributed by atoms with Gasteiger partial charge in [-0.3, -0.25) is 9.59 Å². The van der Waals surface area contributed by atoms with Crippen LogP contribution in [0.25, 0.3) is 0 Å². The summed E-state index contributed by atoms with van der Waals surface area (Å²) in [6, 6.07) is 0. The summed E-state index contributed by atoms with van der Waals surface area (Å²) in [6.07, 6.45) is 15.5. The van der Waals surface area contributed by atoms with E-state index in [1.807, 2.05) is 0 Å². The molecule has 0 aliphatic carbocycles. The first-order valence-corrected chi connectivity index (χ1v) is 10.2. The molecule has 0 aliphatic rings. The zero-order valence-corrected chi connectivity index (χ0v) is 15.9. The van der Waals surface area contributed by atoms with Gasteiger partial charge in [-0.25, -0.2) is 0 Å². The number of hydrogen-bond acceptors (Lipinski definition) is 4. The first kappa shape index (κ1) is 24.1. The summed E-state index contributed by atoms with van der Waals surface area (Å²) >= 11 is 0. The van der Waals surface area contributed by atoms with Crippen molar-refractivity contribution < 1.29 is 19.8 Å². The first-order valence-electron chi connectivity index (χ1n) is 10.2. The average Bonchev–Trinajstić information content (AvgIpc) is 2.57. The number of carboxylic acids is 1. The Morgan fingerprint density at radius 2 is 1.04 bits per heavy atom. The van der Waals surface area contributed by atoms with Crippen molar-refractivity contribution in [2.45, 2.75) is 109 Å². The second kappa shape index (κ2) is 17.9. The Labute approximate surface area is 153 Å². The number of ketones is 1. The van der Waals surface area contributed by atoms with E-state index in [9.17, 15) is 14.7 Å². The van der Waals surface area contributed by atoms with E-state index < -0.39 is 12.1 Å². The standard InChI is InChI=1S/C20H39NO4/c21-17-19(23)16-18(22)14-12-10-8-6-4-2-1-3-5-7-9-11-13-15-20(24)25/h19,23H,1-17,21H2,(H,24,25). The molecule has 4 N–H and O–H groups in total. The molecule has 5 heteroatoms. The summed E-state index contributed by atoms with van der Waals surface area (Å²) in [5.41, 5.74) is 5.29. The zero-order valence-electron chi connectivity index (χ0n) is 15.9. The Morgan fingerprint density at radius 1 is 0.680 bits per heavy atom. The summed E-state index contributed by atoms with van der Waals surface area (Å²) in [6.45, 7) is 0.163. The van der Waals surface area contributed by atoms with Crippen molar-refractivity contribution in [2.24, 2.45) is 5.73 Å². The van der Waals surface area contributed by atoms with Crippen molar-refractivity contribution in [3.05, 3.63) is 0 Å². The number of aliphatic carboxylic acids is 1. The molecule has 1 unspecified atom stereocenters. The monoisotopic (exact) mass is 357 g/mol. The highest BCUT2D eigenvalue weighted by Crippen LogP contribution is 2.13. The van der Waals surface area contributed by atoms with E-state index in [-0.39, 0.29) is 18.7 Å². The van der Waals surface area contributed by atoms with Crippen LogP contribution in [-0.2, 0) is 9.59 Å². The van der Waals surface area contributed by atoms with Crippen LogP contribution in [0.4, 0.5) is 0 Å². The number of carbonyl (C=O) groups is 2. The molecule has 0 fully saturated rings. The number of Topliss-reactive ketones (excluding diaryl/α,β-unsaturated/α-hetero) is 1. The van der Waals surface area contributed by atoms with Crippen LogP contribution in [0.15, 0.2) is 0 Å². The third-order valence-electron chi connectivity index (χ3n) is 4.58. The van der Waals surface area contributed by atoms with Gasteiger partial charge in [-0.05, 0) is 12.8 Å². The van der Waals surface area contributed by atoms with Gasteiger partial charge >= 0.3 is 5.97 Å². The molecule has 0 saturated carbocycles. The lowest BCUT2D eigenvalue weighted by Gasteiger charge is -2.06. The van der Waals surface area contributed by atoms with Gasteiger partial charge in [0.15, 0.2) is 0 Å². The fourth-order valence-electron chi connectivity index (χ4n) is 2.99. The minimum absolute atomic E-state index is 0.126. The highest BCUT2D eigenvalue weighted by atomic mass is 16.4. The fourth-order valence-corrected chi connectivity index (χ4v) is 2.99. The van der Waals surface area contributed by atoms with Gasteiger partial charge in [-0.2, -0.15) is 0 Å². The molecule has 0 heterocycles. The van der Waals surface area contributed by atoms with Crippen LogP contribution in [0.2, 0.25) is 0 Å². The van der Waals surface area contributed by atoms with Gasteiger partial charge in [0.25, 0.3) is 0 Å². The normalized spacial score (nSPS) is 12.2. The number of rotatable bonds is 19. The Kier molecular flexibility index (Phi) is 17.2. The van der Waals surface area contributed by atoms with Gasteiger partial charge in [-0.1, -0.05) is 70.6 Å². The molecule has 0 aliphatic heterocycles. The van der Waals surface area contributed by atoms with Gasteiger partial charge in [0.1, 0.15) is 5.78 Å². The van der Waals surface area contributed by atoms with E-state index in [1.165, 1.54) is 51.4 Å². The van der Waals surface area contributed by atoms with Crippen LogP contribution in [0.3, 0.4) is 0 Å². The SMILES string of the molecule is NCC(O)CC(=O)CCCCCCCCCCCCCCCC(=O)O. The van der Waals surface area contributed by atoms with Crippen molar-refractivity contribution in [2.75, 3.05) is 6.54 Å². The Bertz CT molecular complexity index is 334. The Hall–Kier alpha value is -0.940. The maximum Gasteiger partial charge on any atom is 0.303 e. The summed E-state index contributed by atoms with van der Waals surface area (Å²) in [5.74, 6) is -0.557. The van der Waals surface area contributed by atoms with E-state index in [0.717, 1.165) is 32.1 Å². The molecule has 0 amide bonds. The minimum atomic E-state index is -0.683. The molecule has 1 atom stereocenters. The average molecular weight is 358 g/mol. The lowest BCUT2D eigenvalue weighted by Crippen LogP contribution is -2.22. The number of carboxylic acid groups (broad SMARTS) is 1. The van der Waals surface area contributed by atoms with Crippen LogP contribution in [0.5, 0.6) is 0 Å². The van der Waals surface area contributed by atoms with Gasteiger partial charge in [0, 0.05) is 25.8 Å². The molecular weight excluding hydrogens is 318 g/mol. The van der Waals surface area contributed by atoms with E-state index in [4.69, 9.17) is 10.8 Å². The predicted octanol–water partition coefficient (Wildman–Crippen LogP) is 4.20. The van der Waals surface area contributed by atoms with Crippen molar-refractivity contribution in [3.63, 3.8) is 0 Å². The highest BCUT2D eigenvalue weighted by molar-refractivity contribution is 5.78. The van der Waals surface area contributed by atoms with Gasteiger partial charge in [0.05, 0.1) is 6.10 Å². The van der Waals surface area contributed by atoms with Crippen LogP contribution >= 0.6 is 0 Å². The van der Waals surface area contributed by atoms with Gasteiger partial charge < -0.3 is 15.9 Å². The molecule has 0 spiro atoms. The first-order chi connectivity index (χ1) is 12.1. The topological polar surface area (TPSA) is 101 Å². The second-order valence-corrected chi connectivity index (χ2v) is 7.12. The molecule has 0 rings (SSSR count). The number of hydrogen-bond donors (Lipinski definition) is 3. The summed E-state index contributed by atoms with van der Waals surface area (Å²) in [7, 11) is 0. The molecule has 0 saturated heterocycles.